The van der Waals surface area contributed by atoms with Gasteiger partial charge in [0.05, 0.1) is 0 Å². The van der Waals surface area contributed by atoms with Crippen molar-refractivity contribution in [3.63, 3.8) is 0 Å². The van der Waals surface area contributed by atoms with Gasteiger partial charge in [0.1, 0.15) is 0 Å². The van der Waals surface area contributed by atoms with Crippen LogP contribution in [0.25, 0.3) is 0 Å². The summed E-state index contributed by atoms with van der Waals surface area (Å²) in [6.07, 6.45) is 5.41. The van der Waals surface area contributed by atoms with Crippen LogP contribution in [-0.4, -0.2) is 31.1 Å². The van der Waals surface area contributed by atoms with E-state index in [0.717, 1.165) is 12.5 Å². The average Bonchev–Trinajstić information content (AvgIpc) is 3.23. The molecule has 1 fully saturated rings. The summed E-state index contributed by atoms with van der Waals surface area (Å²) < 4.78 is 0. The number of hydrogen-bond acceptors (Lipinski definition) is 2. The summed E-state index contributed by atoms with van der Waals surface area (Å²) in [4.78, 5) is 2.61. The van der Waals surface area contributed by atoms with E-state index in [-0.39, 0.29) is 0 Å². The quantitative estimate of drug-likeness (QED) is 0.873. The highest BCUT2D eigenvalue weighted by atomic mass is 15.2. The summed E-state index contributed by atoms with van der Waals surface area (Å²) in [7, 11) is 2.32. The van der Waals surface area contributed by atoms with Gasteiger partial charge in [-0.3, -0.25) is 0 Å². The van der Waals surface area contributed by atoms with Crippen LogP contribution in [0.3, 0.4) is 0 Å². The molecule has 2 atom stereocenters. The lowest BCUT2D eigenvalue weighted by atomic mass is 9.83. The van der Waals surface area contributed by atoms with Gasteiger partial charge in [0, 0.05) is 18.6 Å². The number of nitrogens with zero attached hydrogens (tertiary/aromatic N) is 1. The molecular weight excluding hydrogens is 232 g/mol. The molecule has 1 aromatic carbocycles. The van der Waals surface area contributed by atoms with Gasteiger partial charge in [-0.05, 0) is 56.3 Å². The second kappa shape index (κ2) is 5.64. The summed E-state index contributed by atoms with van der Waals surface area (Å²) in [5, 5.41) is 3.72. The summed E-state index contributed by atoms with van der Waals surface area (Å²) in [6.45, 7) is 4.55. The van der Waals surface area contributed by atoms with E-state index >= 15 is 0 Å². The van der Waals surface area contributed by atoms with Gasteiger partial charge in [-0.1, -0.05) is 31.2 Å². The molecule has 0 heterocycles. The van der Waals surface area contributed by atoms with Gasteiger partial charge in [-0.2, -0.15) is 0 Å². The Bertz CT molecular complexity index is 425. The first-order chi connectivity index (χ1) is 9.29. The molecule has 0 aromatic heterocycles. The van der Waals surface area contributed by atoms with Crippen LogP contribution in [0.1, 0.15) is 43.4 Å². The molecule has 0 spiro atoms. The number of benzene rings is 1. The van der Waals surface area contributed by atoms with Crippen molar-refractivity contribution in [2.45, 2.75) is 44.7 Å². The Balaban J connectivity index is 1.80. The third kappa shape index (κ3) is 2.85. The zero-order valence-corrected chi connectivity index (χ0v) is 12.2. The lowest BCUT2D eigenvalue weighted by molar-refractivity contribution is 0.168. The van der Waals surface area contributed by atoms with Crippen LogP contribution in [0.2, 0.25) is 0 Å². The molecule has 2 unspecified atom stereocenters. The van der Waals surface area contributed by atoms with E-state index in [1.54, 1.807) is 5.56 Å². The lowest BCUT2D eigenvalue weighted by Gasteiger charge is -2.39. The molecule has 104 valence electrons. The molecule has 2 heteroatoms. The number of fused-ring (bicyclic) bond motifs is 1. The predicted octanol–water partition coefficient (Wildman–Crippen LogP) is 2.99. The summed E-state index contributed by atoms with van der Waals surface area (Å²) in [6, 6.07) is 10.2. The van der Waals surface area contributed by atoms with E-state index in [1.807, 2.05) is 0 Å². The zero-order valence-electron chi connectivity index (χ0n) is 12.2. The minimum absolute atomic E-state index is 0.513. The SMILES string of the molecule is CCNC1c2ccccc2CCC1N(C)CC1CC1. The van der Waals surface area contributed by atoms with E-state index in [1.165, 1.54) is 37.8 Å². The van der Waals surface area contributed by atoms with E-state index in [2.05, 4.69) is 48.5 Å². The first-order valence-electron chi connectivity index (χ1n) is 7.81. The summed E-state index contributed by atoms with van der Waals surface area (Å²) in [5.74, 6) is 0.976. The predicted molar refractivity (Wildman–Crippen MR) is 80.3 cm³/mol. The molecule has 2 aliphatic carbocycles. The van der Waals surface area contributed by atoms with Crippen molar-refractivity contribution in [1.82, 2.24) is 10.2 Å². The highest BCUT2D eigenvalue weighted by Crippen LogP contribution is 2.35. The topological polar surface area (TPSA) is 15.3 Å². The number of nitrogens with one attached hydrogen (secondary N) is 1. The summed E-state index contributed by atoms with van der Waals surface area (Å²) in [5.41, 5.74) is 3.08. The van der Waals surface area contributed by atoms with Crippen LogP contribution in [-0.2, 0) is 6.42 Å². The molecule has 1 saturated carbocycles. The van der Waals surface area contributed by atoms with Gasteiger partial charge in [-0.15, -0.1) is 0 Å². The molecule has 0 aliphatic heterocycles. The number of rotatable bonds is 5. The fourth-order valence-corrected chi connectivity index (χ4v) is 3.53. The fourth-order valence-electron chi connectivity index (χ4n) is 3.53. The van der Waals surface area contributed by atoms with Gasteiger partial charge in [-0.25, -0.2) is 0 Å². The van der Waals surface area contributed by atoms with Crippen LogP contribution in [0.15, 0.2) is 24.3 Å². The van der Waals surface area contributed by atoms with Crippen molar-refractivity contribution in [3.05, 3.63) is 35.4 Å². The van der Waals surface area contributed by atoms with Crippen molar-refractivity contribution < 1.29 is 0 Å². The first-order valence-corrected chi connectivity index (χ1v) is 7.81. The third-order valence-electron chi connectivity index (χ3n) is 4.72. The maximum absolute atomic E-state index is 3.72. The standard InChI is InChI=1S/C17H26N2/c1-3-18-17-15-7-5-4-6-14(15)10-11-16(17)19(2)12-13-8-9-13/h4-7,13,16-18H,3,8-12H2,1-2H3. The van der Waals surface area contributed by atoms with Gasteiger partial charge < -0.3 is 10.2 Å². The van der Waals surface area contributed by atoms with Gasteiger partial charge >= 0.3 is 0 Å². The van der Waals surface area contributed by atoms with Gasteiger partial charge in [0.2, 0.25) is 0 Å². The van der Waals surface area contributed by atoms with E-state index in [9.17, 15) is 0 Å². The molecule has 2 aliphatic rings. The van der Waals surface area contributed by atoms with Crippen LogP contribution >= 0.6 is 0 Å². The number of aryl methyl sites for hydroxylation is 1. The highest BCUT2D eigenvalue weighted by Gasteiger charge is 2.33. The number of hydrogen-bond donors (Lipinski definition) is 1. The lowest BCUT2D eigenvalue weighted by Crippen LogP contribution is -2.46. The maximum atomic E-state index is 3.72. The highest BCUT2D eigenvalue weighted by molar-refractivity contribution is 5.34. The minimum atomic E-state index is 0.513. The van der Waals surface area contributed by atoms with Crippen molar-refractivity contribution in [1.29, 1.82) is 0 Å². The van der Waals surface area contributed by atoms with Crippen molar-refractivity contribution in [2.24, 2.45) is 5.92 Å². The van der Waals surface area contributed by atoms with E-state index < -0.39 is 0 Å². The van der Waals surface area contributed by atoms with Crippen LogP contribution in [0.5, 0.6) is 0 Å². The molecule has 19 heavy (non-hydrogen) atoms. The van der Waals surface area contributed by atoms with Gasteiger partial charge in [0.15, 0.2) is 0 Å². The van der Waals surface area contributed by atoms with Crippen molar-refractivity contribution >= 4 is 0 Å². The summed E-state index contributed by atoms with van der Waals surface area (Å²) >= 11 is 0. The van der Waals surface area contributed by atoms with Crippen molar-refractivity contribution in [3.8, 4) is 0 Å². The number of likely N-dealkylation sites (N-methyl/N-ethyl adjacent to an activating group) is 2. The Hall–Kier alpha value is -0.860. The van der Waals surface area contributed by atoms with Crippen molar-refractivity contribution in [2.75, 3.05) is 20.1 Å². The second-order valence-electron chi connectivity index (χ2n) is 6.22. The fraction of sp³-hybridized carbons (Fsp3) is 0.647. The monoisotopic (exact) mass is 258 g/mol. The Kier molecular flexibility index (Phi) is 3.90. The normalized spacial score (nSPS) is 26.5. The molecule has 0 bridgehead atoms. The Morgan fingerprint density at radius 3 is 2.74 bits per heavy atom. The molecule has 0 saturated heterocycles. The minimum Gasteiger partial charge on any atom is -0.309 e. The first kappa shape index (κ1) is 13.1. The largest absolute Gasteiger partial charge is 0.309 e. The molecular formula is C17H26N2. The maximum Gasteiger partial charge on any atom is 0.0480 e. The smallest absolute Gasteiger partial charge is 0.0480 e. The van der Waals surface area contributed by atoms with Crippen LogP contribution in [0, 0.1) is 5.92 Å². The van der Waals surface area contributed by atoms with E-state index in [4.69, 9.17) is 0 Å². The molecule has 2 nitrogen and oxygen atoms in total. The Morgan fingerprint density at radius 2 is 2.00 bits per heavy atom. The molecule has 0 radical (unpaired) electrons. The third-order valence-corrected chi connectivity index (χ3v) is 4.72. The molecule has 3 rings (SSSR count). The van der Waals surface area contributed by atoms with Gasteiger partial charge in [0.25, 0.3) is 0 Å². The van der Waals surface area contributed by atoms with Crippen LogP contribution in [0.4, 0.5) is 0 Å². The Labute approximate surface area is 117 Å². The Morgan fingerprint density at radius 1 is 1.21 bits per heavy atom. The zero-order chi connectivity index (χ0) is 13.2. The molecule has 1 N–H and O–H groups in total. The van der Waals surface area contributed by atoms with E-state index in [0.29, 0.717) is 12.1 Å². The molecule has 0 amide bonds. The second-order valence-corrected chi connectivity index (χ2v) is 6.22. The van der Waals surface area contributed by atoms with Crippen LogP contribution < -0.4 is 5.32 Å². The molecule has 1 aromatic rings. The average molecular weight is 258 g/mol.